The van der Waals surface area contributed by atoms with Crippen LogP contribution < -0.4 is 35.6 Å². The van der Waals surface area contributed by atoms with E-state index in [2.05, 4.69) is 30.9 Å². The van der Waals surface area contributed by atoms with Gasteiger partial charge in [0.2, 0.25) is 0 Å². The molecule has 3 heterocycles. The number of nitrogens with one attached hydrogen (secondary N) is 3. The Hall–Kier alpha value is -10.7. The SMILES string of the molecule is COC(=O)c1cc(C)c(NC(=O)c2nc(-c3cccc(OC)c3)ccc2C)c(C)c1.COC(=O)c1cc(C)c(NC(=O)c2nc(Cl)ccc2C)c(C)c1.COc1cccc(-c2ccc(C)c(C(=O)Nc3c(C)cc(C(=O)O)cc3C)n2)c1.COc1cccc(B(O)O)c1. The number of benzene rings is 6. The van der Waals surface area contributed by atoms with Crippen molar-refractivity contribution in [3.63, 3.8) is 0 Å². The largest absolute Gasteiger partial charge is 0.497 e. The van der Waals surface area contributed by atoms with Gasteiger partial charge in [0.1, 0.15) is 39.5 Å². The molecule has 0 unspecified atom stereocenters. The second kappa shape index (κ2) is 32.8. The van der Waals surface area contributed by atoms with Gasteiger partial charge in [-0.15, -0.1) is 0 Å². The van der Waals surface area contributed by atoms with Crippen LogP contribution in [0.15, 0.2) is 146 Å². The van der Waals surface area contributed by atoms with Gasteiger partial charge in [0.25, 0.3) is 17.7 Å². The Morgan fingerprint density at radius 1 is 0.398 bits per heavy atom. The number of pyridine rings is 3. The number of anilines is 3. The summed E-state index contributed by atoms with van der Waals surface area (Å²) in [6, 6.07) is 42.3. The number of aromatic nitrogens is 3. The molecule has 0 saturated carbocycles. The molecule has 0 spiro atoms. The van der Waals surface area contributed by atoms with Crippen LogP contribution in [0.2, 0.25) is 5.15 Å². The number of methoxy groups -OCH3 is 5. The zero-order valence-electron chi connectivity index (χ0n) is 54.0. The summed E-state index contributed by atoms with van der Waals surface area (Å²) in [6.45, 7) is 16.3. The summed E-state index contributed by atoms with van der Waals surface area (Å²) in [5.41, 5.74) is 14.0. The van der Waals surface area contributed by atoms with Gasteiger partial charge in [-0.3, -0.25) is 14.4 Å². The zero-order chi connectivity index (χ0) is 68.4. The first-order chi connectivity index (χ1) is 44.2. The number of nitrogens with zero attached hydrogens (tertiary/aromatic N) is 3. The van der Waals surface area contributed by atoms with Crippen LogP contribution in [0, 0.1) is 62.3 Å². The number of carbonyl (C=O) groups excluding carboxylic acids is 5. The lowest BCUT2D eigenvalue weighted by molar-refractivity contribution is 0.0591. The number of esters is 2. The lowest BCUT2D eigenvalue weighted by atomic mass is 9.80. The minimum Gasteiger partial charge on any atom is -0.497 e. The number of carboxylic acids is 1. The molecule has 6 N–H and O–H groups in total. The molecule has 3 amide bonds. The van der Waals surface area contributed by atoms with Crippen LogP contribution in [0.5, 0.6) is 17.2 Å². The molecule has 3 aromatic heterocycles. The van der Waals surface area contributed by atoms with Crippen molar-refractivity contribution in [2.45, 2.75) is 62.3 Å². The molecule has 0 fully saturated rings. The Balaban J connectivity index is 0.000000206. The predicted molar refractivity (Wildman–Crippen MR) is 360 cm³/mol. The number of hydrogen-bond donors (Lipinski definition) is 6. The Morgan fingerprint density at radius 3 is 1.05 bits per heavy atom. The molecule has 0 aliphatic heterocycles. The highest BCUT2D eigenvalue weighted by molar-refractivity contribution is 6.58. The topological polar surface area (TPSA) is 284 Å². The maximum Gasteiger partial charge on any atom is 0.488 e. The van der Waals surface area contributed by atoms with Crippen molar-refractivity contribution in [1.29, 1.82) is 0 Å². The number of rotatable bonds is 15. The van der Waals surface area contributed by atoms with Gasteiger partial charge in [-0.25, -0.2) is 29.3 Å². The minimum absolute atomic E-state index is 0.187. The van der Waals surface area contributed by atoms with E-state index in [1.54, 1.807) is 95.7 Å². The maximum atomic E-state index is 13.0. The van der Waals surface area contributed by atoms with E-state index >= 15 is 0 Å². The number of aromatic carboxylic acids is 1. The number of amides is 3. The summed E-state index contributed by atoms with van der Waals surface area (Å²) < 4.78 is 24.9. The lowest BCUT2D eigenvalue weighted by Gasteiger charge is -2.14. The highest BCUT2D eigenvalue weighted by atomic mass is 35.5. The normalized spacial score (nSPS) is 10.3. The monoisotopic (exact) mass is 1280 g/mol. The Morgan fingerprint density at radius 2 is 0.720 bits per heavy atom. The average molecular weight is 1280 g/mol. The van der Waals surface area contributed by atoms with Crippen molar-refractivity contribution in [1.82, 2.24) is 15.0 Å². The van der Waals surface area contributed by atoms with Crippen LogP contribution in [0.3, 0.4) is 0 Å². The van der Waals surface area contributed by atoms with E-state index < -0.39 is 25.0 Å². The molecule has 0 saturated heterocycles. The molecule has 480 valence electrons. The van der Waals surface area contributed by atoms with E-state index in [-0.39, 0.29) is 34.1 Å². The fraction of sp³-hybridized carbons (Fsp3) is 0.197. The molecule has 0 bridgehead atoms. The molecule has 9 rings (SSSR count). The van der Waals surface area contributed by atoms with E-state index in [1.807, 2.05) is 114 Å². The first-order valence-electron chi connectivity index (χ1n) is 28.8. The second-order valence-electron chi connectivity index (χ2n) is 21.2. The fourth-order valence-electron chi connectivity index (χ4n) is 9.54. The van der Waals surface area contributed by atoms with E-state index in [9.17, 15) is 33.9 Å². The van der Waals surface area contributed by atoms with Crippen molar-refractivity contribution < 1.29 is 67.6 Å². The molecule has 20 nitrogen and oxygen atoms in total. The summed E-state index contributed by atoms with van der Waals surface area (Å²) >= 11 is 5.86. The third-order valence-electron chi connectivity index (χ3n) is 14.4. The van der Waals surface area contributed by atoms with Gasteiger partial charge in [-0.1, -0.05) is 66.2 Å². The van der Waals surface area contributed by atoms with Crippen LogP contribution in [-0.4, -0.2) is 108 Å². The van der Waals surface area contributed by atoms with Gasteiger partial charge in [0, 0.05) is 28.2 Å². The fourth-order valence-corrected chi connectivity index (χ4v) is 9.68. The van der Waals surface area contributed by atoms with Gasteiger partial charge < -0.3 is 54.8 Å². The van der Waals surface area contributed by atoms with E-state index in [1.165, 1.54) is 33.5 Å². The first kappa shape index (κ1) is 71.3. The van der Waals surface area contributed by atoms with Crippen LogP contribution in [-0.2, 0) is 9.47 Å². The van der Waals surface area contributed by atoms with Crippen molar-refractivity contribution in [2.24, 2.45) is 0 Å². The summed E-state index contributed by atoms with van der Waals surface area (Å²) in [7, 11) is 5.98. The van der Waals surface area contributed by atoms with Crippen LogP contribution >= 0.6 is 11.6 Å². The van der Waals surface area contributed by atoms with Gasteiger partial charge in [0.15, 0.2) is 0 Å². The highest BCUT2D eigenvalue weighted by Crippen LogP contribution is 2.30. The van der Waals surface area contributed by atoms with Crippen LogP contribution in [0.4, 0.5) is 17.1 Å². The predicted octanol–water partition coefficient (Wildman–Crippen LogP) is 12.4. The molecule has 0 radical (unpaired) electrons. The first-order valence-corrected chi connectivity index (χ1v) is 29.1. The third kappa shape index (κ3) is 18.9. The van der Waals surface area contributed by atoms with Crippen molar-refractivity contribution in [3.05, 3.63) is 235 Å². The smallest absolute Gasteiger partial charge is 0.488 e. The van der Waals surface area contributed by atoms with Crippen LogP contribution in [0.1, 0.15) is 113 Å². The Kier molecular flexibility index (Phi) is 25.2. The van der Waals surface area contributed by atoms with Gasteiger partial charge in [-0.2, -0.15) is 0 Å². The summed E-state index contributed by atoms with van der Waals surface area (Å²) in [5.74, 6) is -0.784. The number of carbonyl (C=O) groups is 6. The second-order valence-corrected chi connectivity index (χ2v) is 21.6. The number of hydrogen-bond acceptors (Lipinski definition) is 16. The number of halogens is 1. The number of carboxylic acid groups (broad SMARTS) is 1. The number of aryl methyl sites for hydroxylation is 9. The van der Waals surface area contributed by atoms with Crippen molar-refractivity contribution >= 4 is 76.9 Å². The minimum atomic E-state index is -1.43. The maximum absolute atomic E-state index is 13.0. The van der Waals surface area contributed by atoms with Crippen molar-refractivity contribution in [2.75, 3.05) is 51.5 Å². The lowest BCUT2D eigenvalue weighted by Crippen LogP contribution is -2.29. The Bertz CT molecular complexity index is 4200. The highest BCUT2D eigenvalue weighted by Gasteiger charge is 2.21. The quantitative estimate of drug-likeness (QED) is 0.0316. The molecule has 6 aromatic carbocycles. The zero-order valence-corrected chi connectivity index (χ0v) is 54.7. The summed E-state index contributed by atoms with van der Waals surface area (Å²) in [6.07, 6.45) is 0. The summed E-state index contributed by atoms with van der Waals surface area (Å²) in [5, 5.41) is 35.6. The van der Waals surface area contributed by atoms with E-state index in [4.69, 9.17) is 45.3 Å². The van der Waals surface area contributed by atoms with E-state index in [0.717, 1.165) is 55.8 Å². The molecule has 0 atom stereocenters. The molecule has 0 aliphatic carbocycles. The third-order valence-corrected chi connectivity index (χ3v) is 14.6. The molecular weight excluding hydrogens is 1210 g/mol. The molecule has 22 heteroatoms. The van der Waals surface area contributed by atoms with Gasteiger partial charge >= 0.3 is 25.0 Å². The average Bonchev–Trinajstić information content (AvgIpc) is 1.47. The standard InChI is InChI=1S/C24H24N2O4.C23H22N2O4.C17H17ClN2O3.C7H9BO3/c1-14-9-10-20(17-7-6-8-19(13-17)29-4)25-22(14)23(27)26-21-15(2)11-18(12-16(21)3)24(28)30-5;1-13-8-9-19(16-6-5-7-18(12-16)29-4)24-21(13)22(26)25-20-14(2)10-17(23(27)28)11-15(20)3;1-9-5-6-13(18)19-15(9)16(21)20-14-10(2)7-12(8-11(14)3)17(22)23-4;1-11-7-4-2-3-6(5-7)8(9)10/h6-13H,1-5H3,(H,26,27);5-12H,1-4H3,(H,25,26)(H,27,28);5-8H,1-4H3,(H,20,21);2-5,9-10H,1H3. The Labute approximate surface area is 545 Å². The molecule has 0 aliphatic rings. The molecule has 93 heavy (non-hydrogen) atoms. The molecule has 9 aromatic rings. The number of ether oxygens (including phenoxy) is 5. The van der Waals surface area contributed by atoms with E-state index in [0.29, 0.717) is 79.1 Å². The van der Waals surface area contributed by atoms with Gasteiger partial charge in [-0.05, 0) is 209 Å². The molecular formula is C71H72BClN6O14. The van der Waals surface area contributed by atoms with Crippen LogP contribution in [0.25, 0.3) is 22.5 Å². The van der Waals surface area contributed by atoms with Gasteiger partial charge in [0.05, 0.1) is 63.6 Å². The van der Waals surface area contributed by atoms with Crippen molar-refractivity contribution in [3.8, 4) is 39.8 Å². The summed E-state index contributed by atoms with van der Waals surface area (Å²) in [4.78, 5) is 86.3.